The van der Waals surface area contributed by atoms with Crippen molar-refractivity contribution in [2.24, 2.45) is 5.92 Å². The van der Waals surface area contributed by atoms with Gasteiger partial charge in [-0.1, -0.05) is 30.7 Å². The predicted octanol–water partition coefficient (Wildman–Crippen LogP) is 2.89. The molecule has 1 N–H and O–H groups in total. The zero-order chi connectivity index (χ0) is 13.3. The average Bonchev–Trinajstić information content (AvgIpc) is 2.65. The van der Waals surface area contributed by atoms with Crippen LogP contribution in [0.5, 0.6) is 5.75 Å². The first kappa shape index (κ1) is 13.0. The Morgan fingerprint density at radius 1 is 1.44 bits per heavy atom. The van der Waals surface area contributed by atoms with Crippen LogP contribution in [0, 0.1) is 5.92 Å². The molecule has 1 aliphatic rings. The van der Waals surface area contributed by atoms with Crippen molar-refractivity contribution in [2.75, 3.05) is 14.2 Å². The SMILES string of the molecule is CNC1=C(c2cccc(Cl)c2OC)C(=O)C(C)C1. The molecule has 0 saturated heterocycles. The molecule has 0 saturated carbocycles. The molecule has 0 amide bonds. The van der Waals surface area contributed by atoms with Gasteiger partial charge in [0.2, 0.25) is 0 Å². The van der Waals surface area contributed by atoms with Crippen molar-refractivity contribution < 1.29 is 9.53 Å². The third kappa shape index (κ3) is 1.99. The van der Waals surface area contributed by atoms with Gasteiger partial charge in [-0.05, 0) is 12.5 Å². The Labute approximate surface area is 112 Å². The lowest BCUT2D eigenvalue weighted by atomic mass is 9.99. The van der Waals surface area contributed by atoms with Gasteiger partial charge < -0.3 is 10.1 Å². The summed E-state index contributed by atoms with van der Waals surface area (Å²) in [5.74, 6) is 0.704. The van der Waals surface area contributed by atoms with E-state index in [0.717, 1.165) is 17.7 Å². The average molecular weight is 266 g/mol. The Bertz CT molecular complexity index is 523. The number of halogens is 1. The summed E-state index contributed by atoms with van der Waals surface area (Å²) in [6.45, 7) is 1.93. The van der Waals surface area contributed by atoms with Crippen molar-refractivity contribution in [3.8, 4) is 5.75 Å². The van der Waals surface area contributed by atoms with Gasteiger partial charge in [0.05, 0.1) is 12.1 Å². The number of nitrogens with one attached hydrogen (secondary N) is 1. The predicted molar refractivity (Wildman–Crippen MR) is 72.8 cm³/mol. The van der Waals surface area contributed by atoms with E-state index in [9.17, 15) is 4.79 Å². The van der Waals surface area contributed by atoms with Crippen LogP contribution in [0.1, 0.15) is 18.9 Å². The number of ketones is 1. The van der Waals surface area contributed by atoms with Crippen LogP contribution in [0.15, 0.2) is 23.9 Å². The van der Waals surface area contributed by atoms with Gasteiger partial charge in [0, 0.05) is 29.8 Å². The van der Waals surface area contributed by atoms with Crippen LogP contribution in [-0.4, -0.2) is 19.9 Å². The van der Waals surface area contributed by atoms with E-state index in [1.807, 2.05) is 26.1 Å². The molecule has 0 heterocycles. The minimum atomic E-state index is 0.00568. The Morgan fingerprint density at radius 2 is 2.17 bits per heavy atom. The Hall–Kier alpha value is -1.48. The highest BCUT2D eigenvalue weighted by Gasteiger charge is 2.32. The molecule has 2 rings (SSSR count). The van der Waals surface area contributed by atoms with Crippen LogP contribution in [0.2, 0.25) is 5.02 Å². The lowest BCUT2D eigenvalue weighted by molar-refractivity contribution is -0.116. The zero-order valence-electron chi connectivity index (χ0n) is 10.7. The van der Waals surface area contributed by atoms with Gasteiger partial charge in [-0.15, -0.1) is 0 Å². The lowest BCUT2D eigenvalue weighted by Gasteiger charge is -2.12. The number of ether oxygens (including phenoxy) is 1. The van der Waals surface area contributed by atoms with Gasteiger partial charge in [-0.3, -0.25) is 4.79 Å². The van der Waals surface area contributed by atoms with Gasteiger partial charge in [0.1, 0.15) is 5.75 Å². The van der Waals surface area contributed by atoms with E-state index in [4.69, 9.17) is 16.3 Å². The quantitative estimate of drug-likeness (QED) is 0.913. The van der Waals surface area contributed by atoms with E-state index in [1.54, 1.807) is 13.2 Å². The maximum atomic E-state index is 12.3. The Kier molecular flexibility index (Phi) is 3.62. The normalized spacial score (nSPS) is 19.3. The van der Waals surface area contributed by atoms with E-state index >= 15 is 0 Å². The van der Waals surface area contributed by atoms with E-state index < -0.39 is 0 Å². The Morgan fingerprint density at radius 3 is 2.78 bits per heavy atom. The summed E-state index contributed by atoms with van der Waals surface area (Å²) in [4.78, 5) is 12.3. The summed E-state index contributed by atoms with van der Waals surface area (Å²) in [7, 11) is 3.39. The van der Waals surface area contributed by atoms with Crippen molar-refractivity contribution in [3.05, 3.63) is 34.5 Å². The van der Waals surface area contributed by atoms with E-state index in [1.165, 1.54) is 0 Å². The third-order valence-electron chi connectivity index (χ3n) is 3.25. The molecule has 0 aromatic heterocycles. The molecule has 0 aliphatic heterocycles. The summed E-state index contributed by atoms with van der Waals surface area (Å²) in [5.41, 5.74) is 2.42. The number of allylic oxidation sites excluding steroid dienone is 2. The number of para-hydroxylation sites is 1. The fraction of sp³-hybridized carbons (Fsp3) is 0.357. The first-order valence-electron chi connectivity index (χ1n) is 5.88. The van der Waals surface area contributed by atoms with Gasteiger partial charge in [0.25, 0.3) is 0 Å². The smallest absolute Gasteiger partial charge is 0.168 e. The standard InChI is InChI=1S/C14H16ClNO2/c1-8-7-11(16-2)12(13(8)17)9-5-4-6-10(15)14(9)18-3/h4-6,8,16H,7H2,1-3H3. The molecule has 1 aliphatic carbocycles. The molecule has 1 atom stereocenters. The van der Waals surface area contributed by atoms with Crippen LogP contribution in [0.4, 0.5) is 0 Å². The number of hydrogen-bond acceptors (Lipinski definition) is 3. The third-order valence-corrected chi connectivity index (χ3v) is 3.55. The maximum Gasteiger partial charge on any atom is 0.168 e. The van der Waals surface area contributed by atoms with Crippen LogP contribution in [0.25, 0.3) is 5.57 Å². The summed E-state index contributed by atoms with van der Waals surface area (Å²) < 4.78 is 5.32. The number of Topliss-reactive ketones (excluding diaryl/α,β-unsaturated/α-hetero) is 1. The van der Waals surface area contributed by atoms with Crippen molar-refractivity contribution in [1.29, 1.82) is 0 Å². The molecule has 4 heteroatoms. The molecule has 1 unspecified atom stereocenters. The molecule has 1 aromatic carbocycles. The monoisotopic (exact) mass is 265 g/mol. The van der Waals surface area contributed by atoms with Gasteiger partial charge in [0.15, 0.2) is 5.78 Å². The molecule has 3 nitrogen and oxygen atoms in total. The zero-order valence-corrected chi connectivity index (χ0v) is 11.5. The van der Waals surface area contributed by atoms with E-state index in [0.29, 0.717) is 16.3 Å². The van der Waals surface area contributed by atoms with Crippen molar-refractivity contribution in [2.45, 2.75) is 13.3 Å². The molecule has 18 heavy (non-hydrogen) atoms. The summed E-state index contributed by atoms with van der Waals surface area (Å²) >= 11 is 6.10. The van der Waals surface area contributed by atoms with Gasteiger partial charge in [-0.2, -0.15) is 0 Å². The largest absolute Gasteiger partial charge is 0.495 e. The van der Waals surface area contributed by atoms with Crippen LogP contribution in [0.3, 0.4) is 0 Å². The number of carbonyl (C=O) groups is 1. The number of benzene rings is 1. The van der Waals surface area contributed by atoms with Crippen LogP contribution >= 0.6 is 11.6 Å². The summed E-state index contributed by atoms with van der Waals surface area (Å²) in [6.07, 6.45) is 0.736. The molecule has 96 valence electrons. The van der Waals surface area contributed by atoms with Gasteiger partial charge >= 0.3 is 0 Å². The molecule has 0 bridgehead atoms. The highest BCUT2D eigenvalue weighted by Crippen LogP contribution is 2.40. The fourth-order valence-corrected chi connectivity index (χ4v) is 2.58. The number of carbonyl (C=O) groups excluding carboxylic acids is 1. The molecular formula is C14H16ClNO2. The molecule has 1 aromatic rings. The highest BCUT2D eigenvalue weighted by atomic mass is 35.5. The minimum Gasteiger partial charge on any atom is -0.495 e. The molecular weight excluding hydrogens is 250 g/mol. The second kappa shape index (κ2) is 5.02. The fourth-order valence-electron chi connectivity index (χ4n) is 2.33. The van der Waals surface area contributed by atoms with Crippen molar-refractivity contribution >= 4 is 23.0 Å². The molecule has 0 spiro atoms. The first-order valence-corrected chi connectivity index (χ1v) is 6.26. The topological polar surface area (TPSA) is 38.3 Å². The van der Waals surface area contributed by atoms with E-state index in [-0.39, 0.29) is 11.7 Å². The van der Waals surface area contributed by atoms with Crippen molar-refractivity contribution in [3.63, 3.8) is 0 Å². The van der Waals surface area contributed by atoms with Crippen LogP contribution in [-0.2, 0) is 4.79 Å². The maximum absolute atomic E-state index is 12.3. The van der Waals surface area contributed by atoms with Crippen LogP contribution < -0.4 is 10.1 Å². The summed E-state index contributed by atoms with van der Waals surface area (Å²) in [5, 5.41) is 3.62. The molecule has 0 fully saturated rings. The van der Waals surface area contributed by atoms with Crippen molar-refractivity contribution in [1.82, 2.24) is 5.32 Å². The number of rotatable bonds is 3. The van der Waals surface area contributed by atoms with E-state index in [2.05, 4.69) is 5.32 Å². The second-order valence-electron chi connectivity index (χ2n) is 4.39. The number of hydrogen-bond donors (Lipinski definition) is 1. The lowest BCUT2D eigenvalue weighted by Crippen LogP contribution is -2.07. The second-order valence-corrected chi connectivity index (χ2v) is 4.80. The highest BCUT2D eigenvalue weighted by molar-refractivity contribution is 6.33. The van der Waals surface area contributed by atoms with Gasteiger partial charge in [-0.25, -0.2) is 0 Å². The first-order chi connectivity index (χ1) is 8.60. The summed E-state index contributed by atoms with van der Waals surface area (Å²) in [6, 6.07) is 5.45. The number of methoxy groups -OCH3 is 1. The Balaban J connectivity index is 2.61. The molecule has 0 radical (unpaired) electrons. The minimum absolute atomic E-state index is 0.00568.